The van der Waals surface area contributed by atoms with Crippen LogP contribution in [0.4, 0.5) is 0 Å². The van der Waals surface area contributed by atoms with Crippen LogP contribution in [0.2, 0.25) is 0 Å². The van der Waals surface area contributed by atoms with E-state index in [9.17, 15) is 20.1 Å². The van der Waals surface area contributed by atoms with E-state index < -0.39 is 5.97 Å². The zero-order valence-electron chi connectivity index (χ0n) is 13.5. The third-order valence-corrected chi connectivity index (χ3v) is 1.76. The van der Waals surface area contributed by atoms with Gasteiger partial charge >= 0.3 is 23.3 Å². The van der Waals surface area contributed by atoms with Gasteiger partial charge in [0.25, 0.3) is 0 Å². The number of esters is 1. The van der Waals surface area contributed by atoms with Gasteiger partial charge in [-0.1, -0.05) is 47.5 Å². The first kappa shape index (κ1) is 27.7. The Hall–Kier alpha value is -0.538. The molecular weight excluding hydrogens is 275 g/mol. The number of allylic oxidation sites excluding steroid dienone is 1. The first-order valence-electron chi connectivity index (χ1n) is 6.54. The van der Waals surface area contributed by atoms with Crippen molar-refractivity contribution in [1.82, 2.24) is 0 Å². The number of ether oxygens (including phenoxy) is 1. The van der Waals surface area contributed by atoms with Crippen LogP contribution < -0.4 is 15.3 Å². The van der Waals surface area contributed by atoms with Crippen molar-refractivity contribution in [1.29, 1.82) is 0 Å². The van der Waals surface area contributed by atoms with Gasteiger partial charge in [-0.05, 0) is 6.92 Å². The Bertz CT molecular complexity index is 216. The number of carbonyl (C=O) groups excluding carboxylic acids is 1. The SMILES string of the molecule is CCC(C)[O-].CCC(C)[O-].CCOC(=O)/C=C(/C)[O-].[Al+3]. The second-order valence-corrected chi connectivity index (χ2v) is 3.94. The summed E-state index contributed by atoms with van der Waals surface area (Å²) in [5.74, 6) is -0.849. The largest absolute Gasteiger partial charge is 3.00 e. The molecule has 6 heteroatoms. The fraction of sp³-hybridized carbons (Fsp3) is 0.786. The van der Waals surface area contributed by atoms with Gasteiger partial charge in [0.2, 0.25) is 0 Å². The maximum Gasteiger partial charge on any atom is 3.00 e. The molecule has 116 valence electrons. The first-order valence-corrected chi connectivity index (χ1v) is 6.54. The van der Waals surface area contributed by atoms with Crippen molar-refractivity contribution in [2.45, 2.75) is 66.6 Å². The summed E-state index contributed by atoms with van der Waals surface area (Å²) in [6.45, 7) is 10.4. The summed E-state index contributed by atoms with van der Waals surface area (Å²) in [5.41, 5.74) is 0. The van der Waals surface area contributed by atoms with Crippen LogP contribution in [-0.2, 0) is 9.53 Å². The summed E-state index contributed by atoms with van der Waals surface area (Å²) in [6.07, 6.45) is 1.69. The van der Waals surface area contributed by atoms with Crippen LogP contribution in [0.15, 0.2) is 11.8 Å². The molecule has 0 saturated heterocycles. The molecule has 2 atom stereocenters. The standard InChI is InChI=1S/C6H10O3.2C4H9O.Al/c1-3-9-6(8)4-5(2)7;2*1-3-4(2)5;/h4,7H,3H2,1-2H3;2*4H,3H2,1-2H3;/q;2*-1;+3/p-1/b5-4-;;;. The Kier molecular flexibility index (Phi) is 28.8. The van der Waals surface area contributed by atoms with Gasteiger partial charge in [-0.3, -0.25) is 0 Å². The third kappa shape index (κ3) is 43.2. The van der Waals surface area contributed by atoms with E-state index in [-0.39, 0.29) is 35.3 Å². The first-order chi connectivity index (χ1) is 8.70. The molecule has 2 unspecified atom stereocenters. The molecular formula is C14H27AlO5. The molecule has 20 heavy (non-hydrogen) atoms. The van der Waals surface area contributed by atoms with Gasteiger partial charge in [-0.15, -0.1) is 18.0 Å². The number of hydrogen-bond donors (Lipinski definition) is 0. The molecule has 0 aliphatic rings. The predicted molar refractivity (Wildman–Crippen MR) is 75.7 cm³/mol. The van der Waals surface area contributed by atoms with Crippen LogP contribution in [0.1, 0.15) is 54.4 Å². The minimum atomic E-state index is -0.565. The molecule has 5 nitrogen and oxygen atoms in total. The molecule has 0 aromatic heterocycles. The van der Waals surface area contributed by atoms with E-state index in [2.05, 4.69) is 4.74 Å². The minimum absolute atomic E-state index is 0. The van der Waals surface area contributed by atoms with Gasteiger partial charge in [0, 0.05) is 6.08 Å². The predicted octanol–water partition coefficient (Wildman–Crippen LogP) is -0.277. The van der Waals surface area contributed by atoms with Crippen molar-refractivity contribution in [3.8, 4) is 0 Å². The number of rotatable bonds is 4. The van der Waals surface area contributed by atoms with E-state index in [0.717, 1.165) is 18.9 Å². The monoisotopic (exact) mass is 302 g/mol. The Morgan fingerprint density at radius 2 is 1.40 bits per heavy atom. The molecule has 0 N–H and O–H groups in total. The van der Waals surface area contributed by atoms with Crippen molar-refractivity contribution in [2.24, 2.45) is 0 Å². The molecule has 0 spiro atoms. The fourth-order valence-corrected chi connectivity index (χ4v) is 0.350. The Morgan fingerprint density at radius 3 is 1.55 bits per heavy atom. The molecule has 0 radical (unpaired) electrons. The molecule has 0 aliphatic carbocycles. The van der Waals surface area contributed by atoms with E-state index in [0.29, 0.717) is 6.61 Å². The number of carbonyl (C=O) groups is 1. The summed E-state index contributed by atoms with van der Waals surface area (Å²) in [5, 5.41) is 30.0. The summed E-state index contributed by atoms with van der Waals surface area (Å²) < 4.78 is 4.44. The van der Waals surface area contributed by atoms with Gasteiger partial charge in [0.05, 0.1) is 6.61 Å². The summed E-state index contributed by atoms with van der Waals surface area (Å²) >= 11 is 0. The van der Waals surface area contributed by atoms with Gasteiger partial charge < -0.3 is 20.1 Å². The van der Waals surface area contributed by atoms with E-state index in [1.54, 1.807) is 20.8 Å². The van der Waals surface area contributed by atoms with Crippen molar-refractivity contribution in [2.75, 3.05) is 6.61 Å². The van der Waals surface area contributed by atoms with Crippen molar-refractivity contribution in [3.63, 3.8) is 0 Å². The Balaban J connectivity index is -0.000000101. The molecule has 0 bridgehead atoms. The van der Waals surface area contributed by atoms with Crippen LogP contribution >= 0.6 is 0 Å². The molecule has 0 heterocycles. The fourth-order valence-electron chi connectivity index (χ4n) is 0.350. The smallest absolute Gasteiger partial charge is 0.875 e. The van der Waals surface area contributed by atoms with Gasteiger partial charge in [0.1, 0.15) is 0 Å². The normalized spacial score (nSPS) is 12.5. The second kappa shape index (κ2) is 20.8. The molecule has 0 aliphatic heterocycles. The van der Waals surface area contributed by atoms with Gasteiger partial charge in [-0.2, -0.15) is 0 Å². The molecule has 0 aromatic rings. The molecule has 0 rings (SSSR count). The quantitative estimate of drug-likeness (QED) is 0.308. The van der Waals surface area contributed by atoms with Crippen LogP contribution in [0, 0.1) is 0 Å². The maximum absolute atomic E-state index is 10.4. The topological polar surface area (TPSA) is 95.5 Å². The van der Waals surface area contributed by atoms with E-state index in [1.807, 2.05) is 13.8 Å². The van der Waals surface area contributed by atoms with Crippen molar-refractivity contribution < 1.29 is 24.9 Å². The van der Waals surface area contributed by atoms with E-state index in [4.69, 9.17) is 0 Å². The van der Waals surface area contributed by atoms with Crippen LogP contribution in [0.5, 0.6) is 0 Å². The van der Waals surface area contributed by atoms with Gasteiger partial charge in [-0.25, -0.2) is 4.79 Å². The zero-order chi connectivity index (χ0) is 15.8. The maximum atomic E-state index is 10.4. The Labute approximate surface area is 133 Å². The van der Waals surface area contributed by atoms with E-state index in [1.165, 1.54) is 6.92 Å². The molecule has 0 aromatic carbocycles. The Morgan fingerprint density at radius 1 is 1.10 bits per heavy atom. The van der Waals surface area contributed by atoms with E-state index >= 15 is 0 Å². The van der Waals surface area contributed by atoms with Crippen LogP contribution in [-0.4, -0.2) is 42.1 Å². The zero-order valence-corrected chi connectivity index (χ0v) is 14.6. The summed E-state index contributed by atoms with van der Waals surface area (Å²) in [4.78, 5) is 10.4. The average Bonchev–Trinajstić information content (AvgIpc) is 2.29. The van der Waals surface area contributed by atoms with Crippen LogP contribution in [0.25, 0.3) is 0 Å². The second-order valence-electron chi connectivity index (χ2n) is 3.94. The van der Waals surface area contributed by atoms with Gasteiger partial charge in [0.15, 0.2) is 0 Å². The number of hydrogen-bond acceptors (Lipinski definition) is 5. The third-order valence-electron chi connectivity index (χ3n) is 1.76. The van der Waals surface area contributed by atoms with Crippen LogP contribution in [0.3, 0.4) is 0 Å². The van der Waals surface area contributed by atoms with Crippen molar-refractivity contribution in [3.05, 3.63) is 11.8 Å². The summed E-state index contributed by atoms with van der Waals surface area (Å²) in [7, 11) is 0. The molecule has 0 fully saturated rings. The van der Waals surface area contributed by atoms with Crippen molar-refractivity contribution >= 4 is 23.3 Å². The average molecular weight is 302 g/mol. The summed E-state index contributed by atoms with van der Waals surface area (Å²) in [6, 6.07) is 0. The molecule has 0 amide bonds. The minimum Gasteiger partial charge on any atom is -0.875 e. The molecule has 0 saturated carbocycles.